The summed E-state index contributed by atoms with van der Waals surface area (Å²) in [4.78, 5) is 40.8. The first kappa shape index (κ1) is 24.0. The van der Waals surface area contributed by atoms with E-state index in [0.717, 1.165) is 21.3 Å². The highest BCUT2D eigenvalue weighted by molar-refractivity contribution is 7.89. The van der Waals surface area contributed by atoms with Crippen LogP contribution in [0.15, 0.2) is 47.4 Å². The number of hydrogen-bond acceptors (Lipinski definition) is 5. The zero-order valence-corrected chi connectivity index (χ0v) is 19.4. The van der Waals surface area contributed by atoms with Crippen LogP contribution in [0.1, 0.15) is 34.6 Å². The van der Waals surface area contributed by atoms with Gasteiger partial charge in [-0.15, -0.1) is 0 Å². The first-order valence-electron chi connectivity index (χ1n) is 10.7. The first-order chi connectivity index (χ1) is 16.0. The lowest BCUT2D eigenvalue weighted by atomic mass is 10.0. The molecule has 1 unspecified atom stereocenters. The van der Waals surface area contributed by atoms with E-state index in [2.05, 4.69) is 0 Å². The quantitative estimate of drug-likeness (QED) is 0.598. The highest BCUT2D eigenvalue weighted by Crippen LogP contribution is 2.29. The summed E-state index contributed by atoms with van der Waals surface area (Å²) >= 11 is 0. The van der Waals surface area contributed by atoms with E-state index < -0.39 is 56.2 Å². The average Bonchev–Trinajstić information content (AvgIpc) is 3.06. The largest absolute Gasteiger partial charge is 0.338 e. The molecular formula is C23H23F2N3O5S. The van der Waals surface area contributed by atoms with Crippen LogP contribution in [0.25, 0.3) is 0 Å². The monoisotopic (exact) mass is 491 g/mol. The van der Waals surface area contributed by atoms with E-state index in [1.807, 2.05) is 0 Å². The lowest BCUT2D eigenvalue weighted by Crippen LogP contribution is -2.58. The Balaban J connectivity index is 1.52. The van der Waals surface area contributed by atoms with Crippen LogP contribution < -0.4 is 0 Å². The number of rotatable bonds is 5. The topological polar surface area (TPSA) is 95.1 Å². The van der Waals surface area contributed by atoms with Crippen LogP contribution in [-0.2, 0) is 14.8 Å². The number of benzene rings is 2. The third-order valence-electron chi connectivity index (χ3n) is 6.05. The second-order valence-corrected chi connectivity index (χ2v) is 10.4. The van der Waals surface area contributed by atoms with Crippen molar-refractivity contribution in [2.24, 2.45) is 5.92 Å². The van der Waals surface area contributed by atoms with Gasteiger partial charge in [-0.05, 0) is 36.2 Å². The molecule has 2 aliphatic rings. The molecule has 8 nitrogen and oxygen atoms in total. The van der Waals surface area contributed by atoms with E-state index in [4.69, 9.17) is 0 Å². The molecule has 0 N–H and O–H groups in total. The zero-order valence-electron chi connectivity index (χ0n) is 18.6. The number of nitrogens with zero attached hydrogens (tertiary/aromatic N) is 3. The van der Waals surface area contributed by atoms with E-state index >= 15 is 0 Å². The number of carbonyl (C=O) groups is 3. The Bertz CT molecular complexity index is 1240. The summed E-state index contributed by atoms with van der Waals surface area (Å²) in [6.07, 6.45) is 0. The molecule has 0 radical (unpaired) electrons. The molecule has 0 aliphatic carbocycles. The van der Waals surface area contributed by atoms with Crippen LogP contribution in [0.4, 0.5) is 8.78 Å². The number of hydrogen-bond donors (Lipinski definition) is 0. The van der Waals surface area contributed by atoms with Gasteiger partial charge in [-0.3, -0.25) is 19.3 Å². The molecule has 2 heterocycles. The number of piperazine rings is 1. The predicted molar refractivity (Wildman–Crippen MR) is 117 cm³/mol. The van der Waals surface area contributed by atoms with Gasteiger partial charge in [0.15, 0.2) is 0 Å². The van der Waals surface area contributed by atoms with Crippen molar-refractivity contribution in [3.05, 3.63) is 65.2 Å². The van der Waals surface area contributed by atoms with E-state index in [9.17, 15) is 31.6 Å². The van der Waals surface area contributed by atoms with Crippen molar-refractivity contribution in [1.29, 1.82) is 0 Å². The van der Waals surface area contributed by atoms with Gasteiger partial charge in [0.25, 0.3) is 11.8 Å². The van der Waals surface area contributed by atoms with Gasteiger partial charge in [-0.25, -0.2) is 17.2 Å². The number of amides is 3. The van der Waals surface area contributed by atoms with Crippen molar-refractivity contribution in [2.45, 2.75) is 24.8 Å². The SMILES string of the molecule is CC(C)C(C(=O)N1CCN(S(=O)(=O)c2cc(F)ccc2F)CC1)N1C(=O)c2ccccc2C1=O. The lowest BCUT2D eigenvalue weighted by molar-refractivity contribution is -0.138. The van der Waals surface area contributed by atoms with Gasteiger partial charge >= 0.3 is 0 Å². The fraction of sp³-hybridized carbons (Fsp3) is 0.348. The van der Waals surface area contributed by atoms with Crippen molar-refractivity contribution in [3.8, 4) is 0 Å². The number of fused-ring (bicyclic) bond motifs is 1. The second kappa shape index (κ2) is 8.88. The molecule has 1 fully saturated rings. The van der Waals surface area contributed by atoms with Crippen LogP contribution in [0.2, 0.25) is 0 Å². The Hall–Kier alpha value is -3.18. The van der Waals surface area contributed by atoms with E-state index in [1.165, 1.54) is 17.0 Å². The first-order valence-corrected chi connectivity index (χ1v) is 12.2. The standard InChI is InChI=1S/C23H23F2N3O5S/c1-14(2)20(28-21(29)16-5-3-4-6-17(16)22(28)30)23(31)26-9-11-27(12-10-26)34(32,33)19-13-15(24)7-8-18(19)25/h3-8,13-14,20H,9-12H2,1-2H3. The normalized spacial score (nSPS) is 17.9. The molecule has 34 heavy (non-hydrogen) atoms. The van der Waals surface area contributed by atoms with Crippen molar-refractivity contribution >= 4 is 27.7 Å². The van der Waals surface area contributed by atoms with Crippen molar-refractivity contribution in [1.82, 2.24) is 14.1 Å². The maximum atomic E-state index is 14.1. The van der Waals surface area contributed by atoms with E-state index in [-0.39, 0.29) is 37.3 Å². The highest BCUT2D eigenvalue weighted by atomic mass is 32.2. The molecule has 0 saturated carbocycles. The summed E-state index contributed by atoms with van der Waals surface area (Å²) in [6, 6.07) is 7.49. The fourth-order valence-electron chi connectivity index (χ4n) is 4.30. The summed E-state index contributed by atoms with van der Waals surface area (Å²) in [6.45, 7) is 3.11. The van der Waals surface area contributed by atoms with Crippen molar-refractivity contribution in [3.63, 3.8) is 0 Å². The van der Waals surface area contributed by atoms with Crippen LogP contribution in [-0.4, -0.2) is 72.5 Å². The zero-order chi connectivity index (χ0) is 24.8. The Morgan fingerprint density at radius 3 is 2.00 bits per heavy atom. The second-order valence-electron chi connectivity index (χ2n) is 8.52. The number of carbonyl (C=O) groups excluding carboxylic acids is 3. The van der Waals surface area contributed by atoms with Crippen LogP contribution in [0.3, 0.4) is 0 Å². The molecule has 2 aromatic rings. The number of imide groups is 1. The smallest absolute Gasteiger partial charge is 0.262 e. The molecule has 180 valence electrons. The Morgan fingerprint density at radius 1 is 0.912 bits per heavy atom. The molecule has 0 bridgehead atoms. The van der Waals surface area contributed by atoms with Gasteiger partial charge in [-0.1, -0.05) is 26.0 Å². The van der Waals surface area contributed by atoms with Crippen LogP contribution in [0.5, 0.6) is 0 Å². The molecule has 4 rings (SSSR count). The summed E-state index contributed by atoms with van der Waals surface area (Å²) < 4.78 is 54.2. The lowest BCUT2D eigenvalue weighted by Gasteiger charge is -2.38. The Morgan fingerprint density at radius 2 is 1.47 bits per heavy atom. The van der Waals surface area contributed by atoms with Gasteiger partial charge in [0.1, 0.15) is 22.6 Å². The molecule has 0 spiro atoms. The third kappa shape index (κ3) is 3.98. The number of sulfonamides is 1. The van der Waals surface area contributed by atoms with Crippen molar-refractivity contribution in [2.75, 3.05) is 26.2 Å². The van der Waals surface area contributed by atoms with E-state index in [1.54, 1.807) is 26.0 Å². The Kier molecular flexibility index (Phi) is 6.26. The Labute approximate surface area is 195 Å². The molecule has 2 aliphatic heterocycles. The maximum Gasteiger partial charge on any atom is 0.262 e. The van der Waals surface area contributed by atoms with Crippen LogP contribution in [0, 0.1) is 17.6 Å². The summed E-state index contributed by atoms with van der Waals surface area (Å²) in [5, 5.41) is 0. The third-order valence-corrected chi connectivity index (χ3v) is 7.96. The van der Waals surface area contributed by atoms with Crippen LogP contribution >= 0.6 is 0 Å². The minimum atomic E-state index is -4.31. The summed E-state index contributed by atoms with van der Waals surface area (Å²) in [7, 11) is -4.31. The van der Waals surface area contributed by atoms with E-state index in [0.29, 0.717) is 6.07 Å². The van der Waals surface area contributed by atoms with Gasteiger partial charge in [0.2, 0.25) is 15.9 Å². The molecule has 3 amide bonds. The maximum absolute atomic E-state index is 14.1. The summed E-state index contributed by atoms with van der Waals surface area (Å²) in [5.41, 5.74) is 0.470. The number of halogens is 2. The predicted octanol–water partition coefficient (Wildman–Crippen LogP) is 2.12. The molecular weight excluding hydrogens is 468 g/mol. The molecule has 0 aromatic heterocycles. The average molecular weight is 492 g/mol. The molecule has 2 aromatic carbocycles. The van der Waals surface area contributed by atoms with Gasteiger partial charge in [0, 0.05) is 26.2 Å². The molecule has 1 atom stereocenters. The fourth-order valence-corrected chi connectivity index (χ4v) is 5.80. The van der Waals surface area contributed by atoms with Gasteiger partial charge < -0.3 is 4.90 Å². The molecule has 1 saturated heterocycles. The van der Waals surface area contributed by atoms with Gasteiger partial charge in [-0.2, -0.15) is 4.31 Å². The van der Waals surface area contributed by atoms with Gasteiger partial charge in [0.05, 0.1) is 11.1 Å². The van der Waals surface area contributed by atoms with Crippen molar-refractivity contribution < 1.29 is 31.6 Å². The minimum absolute atomic E-state index is 0.0264. The summed E-state index contributed by atoms with van der Waals surface area (Å²) in [5.74, 6) is -3.90. The highest BCUT2D eigenvalue weighted by Gasteiger charge is 2.45. The molecule has 11 heteroatoms. The minimum Gasteiger partial charge on any atom is -0.338 e.